The Morgan fingerprint density at radius 2 is 2.21 bits per heavy atom. The Hall–Kier alpha value is -0.530. The van der Waals surface area contributed by atoms with Gasteiger partial charge in [0.1, 0.15) is 0 Å². The SMILES string of the molecule is CCCCC1(CC)CCNCC1c1cccc(Cl)c1. The highest BCUT2D eigenvalue weighted by Crippen LogP contribution is 2.47. The van der Waals surface area contributed by atoms with Gasteiger partial charge in [0.2, 0.25) is 0 Å². The highest BCUT2D eigenvalue weighted by molar-refractivity contribution is 6.30. The zero-order valence-corrected chi connectivity index (χ0v) is 13.0. The van der Waals surface area contributed by atoms with Crippen LogP contribution in [0.3, 0.4) is 0 Å². The number of unbranched alkanes of at least 4 members (excludes halogenated alkanes) is 1. The van der Waals surface area contributed by atoms with Crippen molar-refractivity contribution < 1.29 is 0 Å². The van der Waals surface area contributed by atoms with Crippen molar-refractivity contribution in [1.82, 2.24) is 5.32 Å². The summed E-state index contributed by atoms with van der Waals surface area (Å²) >= 11 is 6.18. The van der Waals surface area contributed by atoms with E-state index in [1.807, 2.05) is 6.07 Å². The molecule has 0 aliphatic carbocycles. The summed E-state index contributed by atoms with van der Waals surface area (Å²) < 4.78 is 0. The molecule has 1 heterocycles. The second-order valence-corrected chi connectivity index (χ2v) is 6.32. The van der Waals surface area contributed by atoms with Crippen molar-refractivity contribution in [2.75, 3.05) is 13.1 Å². The number of nitrogens with one attached hydrogen (secondary N) is 1. The average molecular weight is 280 g/mol. The molecular weight excluding hydrogens is 254 g/mol. The molecule has 0 saturated carbocycles. The number of rotatable bonds is 5. The molecule has 2 unspecified atom stereocenters. The van der Waals surface area contributed by atoms with Crippen LogP contribution in [0.5, 0.6) is 0 Å². The minimum Gasteiger partial charge on any atom is -0.316 e. The summed E-state index contributed by atoms with van der Waals surface area (Å²) in [6.07, 6.45) is 6.54. The molecule has 0 bridgehead atoms. The van der Waals surface area contributed by atoms with Crippen molar-refractivity contribution in [1.29, 1.82) is 0 Å². The van der Waals surface area contributed by atoms with Gasteiger partial charge in [0.15, 0.2) is 0 Å². The first kappa shape index (κ1) is 14.9. The average Bonchev–Trinajstić information content (AvgIpc) is 2.45. The molecule has 106 valence electrons. The molecule has 1 aliphatic rings. The van der Waals surface area contributed by atoms with E-state index in [0.717, 1.165) is 18.1 Å². The van der Waals surface area contributed by atoms with Crippen LogP contribution in [0.15, 0.2) is 24.3 Å². The number of hydrogen-bond acceptors (Lipinski definition) is 1. The van der Waals surface area contributed by atoms with Crippen molar-refractivity contribution in [3.05, 3.63) is 34.9 Å². The first-order chi connectivity index (χ1) is 9.22. The van der Waals surface area contributed by atoms with Crippen LogP contribution in [0.2, 0.25) is 5.02 Å². The van der Waals surface area contributed by atoms with Gasteiger partial charge in [-0.05, 0) is 48.9 Å². The summed E-state index contributed by atoms with van der Waals surface area (Å²) in [6.45, 7) is 6.91. The highest BCUT2D eigenvalue weighted by atomic mass is 35.5. The lowest BCUT2D eigenvalue weighted by Crippen LogP contribution is -2.43. The van der Waals surface area contributed by atoms with Crippen LogP contribution in [-0.4, -0.2) is 13.1 Å². The van der Waals surface area contributed by atoms with Gasteiger partial charge in [-0.1, -0.05) is 50.4 Å². The number of hydrogen-bond donors (Lipinski definition) is 1. The van der Waals surface area contributed by atoms with E-state index >= 15 is 0 Å². The molecule has 1 N–H and O–H groups in total. The number of piperidine rings is 1. The normalized spacial score (nSPS) is 27.4. The fourth-order valence-corrected chi connectivity index (χ4v) is 3.80. The third kappa shape index (κ3) is 3.32. The Morgan fingerprint density at radius 3 is 2.89 bits per heavy atom. The summed E-state index contributed by atoms with van der Waals surface area (Å²) in [4.78, 5) is 0. The quantitative estimate of drug-likeness (QED) is 0.799. The fourth-order valence-electron chi connectivity index (χ4n) is 3.60. The Bertz CT molecular complexity index is 404. The van der Waals surface area contributed by atoms with Gasteiger partial charge in [0.25, 0.3) is 0 Å². The van der Waals surface area contributed by atoms with Crippen LogP contribution < -0.4 is 5.32 Å². The van der Waals surface area contributed by atoms with E-state index < -0.39 is 0 Å². The summed E-state index contributed by atoms with van der Waals surface area (Å²) in [5.41, 5.74) is 1.88. The summed E-state index contributed by atoms with van der Waals surface area (Å²) in [7, 11) is 0. The molecular formula is C17H26ClN. The second-order valence-electron chi connectivity index (χ2n) is 5.88. The molecule has 1 aromatic rings. The van der Waals surface area contributed by atoms with Crippen LogP contribution in [0.1, 0.15) is 57.4 Å². The van der Waals surface area contributed by atoms with E-state index in [-0.39, 0.29) is 0 Å². The van der Waals surface area contributed by atoms with Crippen molar-refractivity contribution in [2.45, 2.75) is 51.9 Å². The topological polar surface area (TPSA) is 12.0 Å². The molecule has 2 rings (SSSR count). The second kappa shape index (κ2) is 6.76. The van der Waals surface area contributed by atoms with Crippen molar-refractivity contribution >= 4 is 11.6 Å². The van der Waals surface area contributed by atoms with Crippen LogP contribution in [-0.2, 0) is 0 Å². The van der Waals surface area contributed by atoms with Crippen LogP contribution in [0.25, 0.3) is 0 Å². The number of halogens is 1. The lowest BCUT2D eigenvalue weighted by molar-refractivity contribution is 0.136. The van der Waals surface area contributed by atoms with E-state index in [2.05, 4.69) is 37.4 Å². The van der Waals surface area contributed by atoms with E-state index in [4.69, 9.17) is 11.6 Å². The molecule has 1 aliphatic heterocycles. The van der Waals surface area contributed by atoms with E-state index in [1.54, 1.807) is 0 Å². The lowest BCUT2D eigenvalue weighted by atomic mass is 9.64. The molecule has 1 nitrogen and oxygen atoms in total. The van der Waals surface area contributed by atoms with Gasteiger partial charge in [0.05, 0.1) is 0 Å². The zero-order valence-electron chi connectivity index (χ0n) is 12.2. The zero-order chi connectivity index (χ0) is 13.7. The molecule has 0 radical (unpaired) electrons. The highest BCUT2D eigenvalue weighted by Gasteiger charge is 2.39. The van der Waals surface area contributed by atoms with Gasteiger partial charge >= 0.3 is 0 Å². The molecule has 19 heavy (non-hydrogen) atoms. The Labute approximate surface area is 122 Å². The predicted molar refractivity (Wildman–Crippen MR) is 83.9 cm³/mol. The standard InChI is InChI=1S/C17H26ClN/c1-3-5-9-17(4-2)10-11-19-13-16(17)14-7-6-8-15(18)12-14/h6-8,12,16,19H,3-5,9-11,13H2,1-2H3. The summed E-state index contributed by atoms with van der Waals surface area (Å²) in [5.74, 6) is 0.608. The third-order valence-electron chi connectivity index (χ3n) is 4.87. The van der Waals surface area contributed by atoms with E-state index in [0.29, 0.717) is 11.3 Å². The van der Waals surface area contributed by atoms with Gasteiger partial charge in [-0.3, -0.25) is 0 Å². The molecule has 2 heteroatoms. The van der Waals surface area contributed by atoms with Gasteiger partial charge in [-0.2, -0.15) is 0 Å². The van der Waals surface area contributed by atoms with Crippen molar-refractivity contribution in [3.63, 3.8) is 0 Å². The molecule has 0 spiro atoms. The maximum absolute atomic E-state index is 6.18. The molecule has 0 aromatic heterocycles. The Morgan fingerprint density at radius 1 is 1.37 bits per heavy atom. The predicted octanol–water partition coefficient (Wildman–Crippen LogP) is 5.00. The molecule has 0 amide bonds. The first-order valence-corrected chi connectivity index (χ1v) is 8.06. The van der Waals surface area contributed by atoms with Gasteiger partial charge < -0.3 is 5.32 Å². The molecule has 1 aromatic carbocycles. The maximum Gasteiger partial charge on any atom is 0.0408 e. The van der Waals surface area contributed by atoms with Gasteiger partial charge in [0, 0.05) is 17.5 Å². The Balaban J connectivity index is 2.27. The third-order valence-corrected chi connectivity index (χ3v) is 5.11. The van der Waals surface area contributed by atoms with E-state index in [1.165, 1.54) is 37.7 Å². The Kier molecular flexibility index (Phi) is 5.29. The smallest absolute Gasteiger partial charge is 0.0408 e. The van der Waals surface area contributed by atoms with E-state index in [9.17, 15) is 0 Å². The summed E-state index contributed by atoms with van der Waals surface area (Å²) in [6, 6.07) is 8.48. The lowest BCUT2D eigenvalue weighted by Gasteiger charge is -2.45. The van der Waals surface area contributed by atoms with Gasteiger partial charge in [-0.25, -0.2) is 0 Å². The minimum absolute atomic E-state index is 0.464. The number of benzene rings is 1. The summed E-state index contributed by atoms with van der Waals surface area (Å²) in [5, 5.41) is 4.44. The molecule has 2 atom stereocenters. The van der Waals surface area contributed by atoms with Crippen molar-refractivity contribution in [2.24, 2.45) is 5.41 Å². The first-order valence-electron chi connectivity index (χ1n) is 7.68. The van der Waals surface area contributed by atoms with Gasteiger partial charge in [-0.15, -0.1) is 0 Å². The largest absolute Gasteiger partial charge is 0.316 e. The monoisotopic (exact) mass is 279 g/mol. The van der Waals surface area contributed by atoms with Crippen LogP contribution in [0, 0.1) is 5.41 Å². The maximum atomic E-state index is 6.18. The molecule has 1 saturated heterocycles. The van der Waals surface area contributed by atoms with Crippen molar-refractivity contribution in [3.8, 4) is 0 Å². The minimum atomic E-state index is 0.464. The van der Waals surface area contributed by atoms with Crippen LogP contribution in [0.4, 0.5) is 0 Å². The molecule has 1 fully saturated rings. The fraction of sp³-hybridized carbons (Fsp3) is 0.647. The van der Waals surface area contributed by atoms with Crippen LogP contribution >= 0.6 is 11.6 Å².